The van der Waals surface area contributed by atoms with Crippen LogP contribution in [0.15, 0.2) is 77.6 Å². The van der Waals surface area contributed by atoms with Crippen LogP contribution in [0.1, 0.15) is 97.4 Å². The Kier molecular flexibility index (Phi) is 16.0. The Morgan fingerprint density at radius 1 is 0.880 bits per heavy atom. The van der Waals surface area contributed by atoms with E-state index in [9.17, 15) is 32.8 Å². The van der Waals surface area contributed by atoms with Gasteiger partial charge in [-0.2, -0.15) is 0 Å². The summed E-state index contributed by atoms with van der Waals surface area (Å²) in [5.74, 6) is 4.35. The van der Waals surface area contributed by atoms with Crippen LogP contribution in [-0.2, 0) is 26.2 Å². The molecule has 6 heterocycles. The third-order valence-corrected chi connectivity index (χ3v) is 16.1. The van der Waals surface area contributed by atoms with Crippen LogP contribution in [0, 0.1) is 36.5 Å². The van der Waals surface area contributed by atoms with Crippen molar-refractivity contribution in [1.29, 1.82) is 0 Å². The average Bonchev–Trinajstić information content (AvgIpc) is 3.88. The van der Waals surface area contributed by atoms with Crippen molar-refractivity contribution in [2.24, 2.45) is 24.8 Å². The fourth-order valence-corrected chi connectivity index (χ4v) is 11.7. The molecular formula is C57H67F2N9O7. The highest BCUT2D eigenvalue weighted by molar-refractivity contribution is 6.00. The van der Waals surface area contributed by atoms with Gasteiger partial charge in [0.2, 0.25) is 17.7 Å². The largest absolute Gasteiger partial charge is 0.483 e. The van der Waals surface area contributed by atoms with Crippen LogP contribution in [0.4, 0.5) is 20.2 Å². The highest BCUT2D eigenvalue weighted by Gasteiger charge is 2.44. The van der Waals surface area contributed by atoms with E-state index in [1.807, 2.05) is 50.2 Å². The molecular weight excluding hydrogens is 961 g/mol. The number of imide groups is 1. The molecule has 5 aliphatic heterocycles. The topological polar surface area (TPSA) is 190 Å². The van der Waals surface area contributed by atoms with E-state index < -0.39 is 23.9 Å². The van der Waals surface area contributed by atoms with E-state index in [4.69, 9.17) is 9.90 Å². The summed E-state index contributed by atoms with van der Waals surface area (Å²) >= 11 is 0. The number of benzene rings is 4. The number of nitrogens with one attached hydrogen (secondary N) is 4. The third kappa shape index (κ3) is 11.6. The number of carboxylic acid groups (broad SMARTS) is 1. The second kappa shape index (κ2) is 22.8. The molecule has 16 nitrogen and oxygen atoms in total. The average molecular weight is 1030 g/mol. The number of amides is 4. The summed E-state index contributed by atoms with van der Waals surface area (Å²) in [5.41, 5.74) is 5.72. The van der Waals surface area contributed by atoms with Gasteiger partial charge in [0.25, 0.3) is 18.3 Å². The van der Waals surface area contributed by atoms with Gasteiger partial charge in [-0.25, -0.2) is 13.6 Å². The van der Waals surface area contributed by atoms with E-state index in [0.717, 1.165) is 123 Å². The minimum absolute atomic E-state index is 0.00209. The Labute approximate surface area is 435 Å². The van der Waals surface area contributed by atoms with Crippen molar-refractivity contribution < 1.29 is 37.9 Å². The number of carbonyl (C=O) groups excluding carboxylic acids is 4. The van der Waals surface area contributed by atoms with Gasteiger partial charge >= 0.3 is 5.69 Å². The molecule has 0 aliphatic carbocycles. The van der Waals surface area contributed by atoms with Crippen LogP contribution in [0.25, 0.3) is 21.8 Å². The van der Waals surface area contributed by atoms with Gasteiger partial charge < -0.3 is 35.8 Å². The summed E-state index contributed by atoms with van der Waals surface area (Å²) < 4.78 is 31.7. The Bertz CT molecular complexity index is 3080. The van der Waals surface area contributed by atoms with E-state index in [1.165, 1.54) is 4.57 Å². The number of rotatable bonds is 10. The maximum atomic E-state index is 14.3. The Morgan fingerprint density at radius 3 is 2.29 bits per heavy atom. The summed E-state index contributed by atoms with van der Waals surface area (Å²) in [7, 11) is 1.71. The minimum atomic E-state index is -2.88. The SMILES string of the molecule is Cc1ccc(N[C@@H]2CNCC2(F)F)cc1C(=O)N[C@H](C)c1ccc(C#CC2CCN(CC3CCN(C(=O)C4CCN(c5ccc6c(c5)n(C)c(=O)n6C5CCC(=O)NC5=O)CC4)CC3)CC2)c2ccccc12.O=CO. The smallest absolute Gasteiger partial charge is 0.329 e. The second-order valence-electron chi connectivity index (χ2n) is 20.9. The lowest BCUT2D eigenvalue weighted by Crippen LogP contribution is -2.47. The molecule has 0 spiro atoms. The molecule has 4 amide bonds. The van der Waals surface area contributed by atoms with Gasteiger partial charge in [0.05, 0.1) is 23.6 Å². The van der Waals surface area contributed by atoms with Gasteiger partial charge in [-0.1, -0.05) is 48.2 Å². The lowest BCUT2D eigenvalue weighted by molar-refractivity contribution is -0.138. The number of alkyl halides is 2. The number of halogens is 2. The Balaban J connectivity index is 0.00000224. The molecule has 5 fully saturated rings. The summed E-state index contributed by atoms with van der Waals surface area (Å²) in [4.78, 5) is 80.4. The molecule has 5 aromatic rings. The molecule has 5 aliphatic rings. The molecule has 1 aromatic heterocycles. The first kappa shape index (κ1) is 52.8. The van der Waals surface area contributed by atoms with E-state index >= 15 is 0 Å². The predicted octanol–water partition coefficient (Wildman–Crippen LogP) is 6.21. The van der Waals surface area contributed by atoms with Gasteiger partial charge in [0.1, 0.15) is 12.1 Å². The number of imidazole rings is 1. The van der Waals surface area contributed by atoms with Crippen LogP contribution >= 0.6 is 0 Å². The maximum absolute atomic E-state index is 14.3. The summed E-state index contributed by atoms with van der Waals surface area (Å²) in [6.07, 6.45) is 6.09. The van der Waals surface area contributed by atoms with Crippen LogP contribution in [0.3, 0.4) is 0 Å². The molecule has 396 valence electrons. The van der Waals surface area contributed by atoms with E-state index in [2.05, 4.69) is 66.0 Å². The highest BCUT2D eigenvalue weighted by Crippen LogP contribution is 2.33. The lowest BCUT2D eigenvalue weighted by atomic mass is 9.90. The summed E-state index contributed by atoms with van der Waals surface area (Å²) in [6.45, 7) is 9.48. The molecule has 5 saturated heterocycles. The van der Waals surface area contributed by atoms with Crippen molar-refractivity contribution in [2.45, 2.75) is 89.3 Å². The number of hydrogen-bond donors (Lipinski definition) is 5. The van der Waals surface area contributed by atoms with Crippen LogP contribution in [0.5, 0.6) is 0 Å². The zero-order valence-electron chi connectivity index (χ0n) is 42.9. The summed E-state index contributed by atoms with van der Waals surface area (Å²) in [5, 5.41) is 20.1. The number of piperidine rings is 4. The van der Waals surface area contributed by atoms with Crippen LogP contribution in [-0.4, -0.2) is 125 Å². The van der Waals surface area contributed by atoms with E-state index in [-0.39, 0.29) is 61.4 Å². The van der Waals surface area contributed by atoms with Gasteiger partial charge in [-0.15, -0.1) is 0 Å². The van der Waals surface area contributed by atoms with Crippen molar-refractivity contribution >= 4 is 63.3 Å². The molecule has 75 heavy (non-hydrogen) atoms. The van der Waals surface area contributed by atoms with Crippen LogP contribution < -0.4 is 31.9 Å². The number of anilines is 2. The van der Waals surface area contributed by atoms with Crippen LogP contribution in [0.2, 0.25) is 0 Å². The zero-order chi connectivity index (χ0) is 53.0. The number of aryl methyl sites for hydroxylation is 2. The quantitative estimate of drug-likeness (QED) is 0.0608. The molecule has 5 N–H and O–H groups in total. The van der Waals surface area contributed by atoms with Crippen molar-refractivity contribution in [2.75, 3.05) is 69.1 Å². The fourth-order valence-electron chi connectivity index (χ4n) is 11.7. The summed E-state index contributed by atoms with van der Waals surface area (Å²) in [6, 6.07) is 21.2. The normalized spacial score (nSPS) is 21.2. The molecule has 0 radical (unpaired) electrons. The molecule has 4 aromatic carbocycles. The number of nitrogens with zero attached hydrogens (tertiary/aromatic N) is 5. The maximum Gasteiger partial charge on any atom is 0.329 e. The third-order valence-electron chi connectivity index (χ3n) is 16.1. The molecule has 10 rings (SSSR count). The lowest BCUT2D eigenvalue weighted by Gasteiger charge is -2.39. The highest BCUT2D eigenvalue weighted by atomic mass is 19.3. The van der Waals surface area contributed by atoms with Gasteiger partial charge in [0.15, 0.2) is 0 Å². The molecule has 0 bridgehead atoms. The first-order valence-electron chi connectivity index (χ1n) is 26.3. The Hall–Kier alpha value is -7.10. The number of carbonyl (C=O) groups is 5. The van der Waals surface area contributed by atoms with Gasteiger partial charge in [0, 0.05) is 87.1 Å². The molecule has 18 heteroatoms. The first-order valence-corrected chi connectivity index (χ1v) is 26.3. The number of hydrogen-bond acceptors (Lipinski definition) is 10. The van der Waals surface area contributed by atoms with Gasteiger partial charge in [-0.3, -0.25) is 38.4 Å². The monoisotopic (exact) mass is 1030 g/mol. The zero-order valence-corrected chi connectivity index (χ0v) is 42.9. The molecule has 0 saturated carbocycles. The van der Waals surface area contributed by atoms with Crippen molar-refractivity contribution in [3.8, 4) is 11.8 Å². The molecule has 1 unspecified atom stereocenters. The van der Waals surface area contributed by atoms with Crippen molar-refractivity contribution in [3.63, 3.8) is 0 Å². The first-order chi connectivity index (χ1) is 36.1. The van der Waals surface area contributed by atoms with E-state index in [0.29, 0.717) is 35.0 Å². The minimum Gasteiger partial charge on any atom is -0.483 e. The fraction of sp³-hybridized carbons (Fsp3) is 0.474. The van der Waals surface area contributed by atoms with Crippen molar-refractivity contribution in [1.82, 2.24) is 34.9 Å². The Morgan fingerprint density at radius 2 is 1.60 bits per heavy atom. The standard InChI is InChI=1S/C56H65F2N9O5.CH2O2/c1-35-8-12-41(61-50-32-59-34-56(50,57)58)30-46(35)52(69)60-36(2)43-14-11-39(44-6-4-5-7-45(43)44)10-9-37-18-24-64(25-19-37)33-38-20-26-66(27-21-38)54(71)40-22-28-65(29-23-40)42-13-15-47-49(31-42)63(3)55(72)67(47)48-16-17-51(68)62-53(48)70;2-1-3/h4-8,11-15,30-31,36-38,40,48,50,59,61H,16-29,32-34H2,1-3H3,(H,60,69)(H,62,68,70);1H,(H,2,3)/t36-,48?,50-;/m1./s1. The predicted molar refractivity (Wildman–Crippen MR) is 284 cm³/mol. The number of aromatic nitrogens is 2. The van der Waals surface area contributed by atoms with E-state index in [1.54, 1.807) is 29.8 Å². The van der Waals surface area contributed by atoms with Gasteiger partial charge in [-0.05, 0) is 136 Å². The van der Waals surface area contributed by atoms with Crippen molar-refractivity contribution in [3.05, 3.63) is 106 Å². The number of likely N-dealkylation sites (tertiary alicyclic amines) is 2. The second-order valence-corrected chi connectivity index (χ2v) is 20.9. The molecule has 3 atom stereocenters. The number of fused-ring (bicyclic) bond motifs is 2.